The second kappa shape index (κ2) is 19.5. The molecule has 0 radical (unpaired) electrons. The van der Waals surface area contributed by atoms with Crippen LogP contribution < -0.4 is 0 Å². The summed E-state index contributed by atoms with van der Waals surface area (Å²) < 4.78 is 6.86. The van der Waals surface area contributed by atoms with E-state index in [0.717, 1.165) is 19.3 Å². The smallest absolute Gasteiger partial charge is 0.0815 e. The van der Waals surface area contributed by atoms with E-state index >= 15 is 0 Å². The number of hydrogen-bond acceptors (Lipinski definition) is 1. The molecule has 1 unspecified atom stereocenters. The standard InChI is InChI=1S/C37H60O/c1-5-8-11-13-15-16-18-26-33-37(34-27-21-19-22-28-34,35-29-23-20-24-30-35)36(38-4,31-10-7-3)32-25-17-14-12-9-6-2/h19-24,27-30H,5-18,25-26,31-33H2,1-4H3. The van der Waals surface area contributed by atoms with Crippen LogP contribution >= 0.6 is 0 Å². The molecule has 2 aromatic carbocycles. The van der Waals surface area contributed by atoms with Gasteiger partial charge in [0.1, 0.15) is 0 Å². The molecule has 2 rings (SSSR count). The molecule has 0 aliphatic carbocycles. The molecule has 0 saturated carbocycles. The fraction of sp³-hybridized carbons (Fsp3) is 0.676. The molecule has 0 saturated heterocycles. The van der Waals surface area contributed by atoms with Gasteiger partial charge in [0.05, 0.1) is 5.60 Å². The number of benzene rings is 2. The Hall–Kier alpha value is -1.60. The first-order valence-electron chi connectivity index (χ1n) is 16.4. The number of methoxy groups -OCH3 is 1. The molecule has 0 heterocycles. The Bertz CT molecular complexity index is 758. The lowest BCUT2D eigenvalue weighted by Crippen LogP contribution is -2.54. The van der Waals surface area contributed by atoms with Gasteiger partial charge < -0.3 is 4.74 Å². The van der Waals surface area contributed by atoms with E-state index in [0.29, 0.717) is 0 Å². The lowest BCUT2D eigenvalue weighted by molar-refractivity contribution is -0.0820. The van der Waals surface area contributed by atoms with Gasteiger partial charge in [-0.2, -0.15) is 0 Å². The molecule has 0 aliphatic heterocycles. The highest BCUT2D eigenvalue weighted by atomic mass is 16.5. The van der Waals surface area contributed by atoms with Crippen molar-refractivity contribution in [1.82, 2.24) is 0 Å². The largest absolute Gasteiger partial charge is 0.377 e. The molecular weight excluding hydrogens is 460 g/mol. The van der Waals surface area contributed by atoms with Gasteiger partial charge in [-0.15, -0.1) is 0 Å². The van der Waals surface area contributed by atoms with E-state index in [1.54, 1.807) is 0 Å². The van der Waals surface area contributed by atoms with Crippen molar-refractivity contribution >= 4 is 0 Å². The molecule has 214 valence electrons. The van der Waals surface area contributed by atoms with Crippen LogP contribution in [0.1, 0.15) is 154 Å². The van der Waals surface area contributed by atoms with Gasteiger partial charge in [0.25, 0.3) is 0 Å². The summed E-state index contributed by atoms with van der Waals surface area (Å²) >= 11 is 0. The van der Waals surface area contributed by atoms with Gasteiger partial charge >= 0.3 is 0 Å². The normalized spacial score (nSPS) is 13.5. The Morgan fingerprint density at radius 2 is 0.816 bits per heavy atom. The summed E-state index contributed by atoms with van der Waals surface area (Å²) in [7, 11) is 2.01. The Labute approximate surface area is 237 Å². The van der Waals surface area contributed by atoms with E-state index in [2.05, 4.69) is 81.4 Å². The van der Waals surface area contributed by atoms with Crippen LogP contribution in [-0.4, -0.2) is 12.7 Å². The lowest BCUT2D eigenvalue weighted by Gasteiger charge is -2.52. The van der Waals surface area contributed by atoms with Gasteiger partial charge in [-0.25, -0.2) is 0 Å². The average Bonchev–Trinajstić information content (AvgIpc) is 2.97. The monoisotopic (exact) mass is 520 g/mol. The molecular formula is C37H60O. The van der Waals surface area contributed by atoms with Crippen molar-refractivity contribution in [1.29, 1.82) is 0 Å². The minimum atomic E-state index is -0.197. The van der Waals surface area contributed by atoms with Crippen molar-refractivity contribution in [3.8, 4) is 0 Å². The molecule has 0 fully saturated rings. The molecule has 0 aromatic heterocycles. The SMILES string of the molecule is CCCCCCCCCCC(c1ccccc1)(c1ccccc1)C(CCCC)(CCCCCCCC)OC. The van der Waals surface area contributed by atoms with Gasteiger partial charge in [0, 0.05) is 12.5 Å². The van der Waals surface area contributed by atoms with E-state index < -0.39 is 0 Å². The van der Waals surface area contributed by atoms with E-state index in [1.165, 1.54) is 114 Å². The number of unbranched alkanes of at least 4 members (excludes halogenated alkanes) is 13. The predicted octanol–water partition coefficient (Wildman–Crippen LogP) is 11.8. The first-order valence-corrected chi connectivity index (χ1v) is 16.4. The Balaban J connectivity index is 2.41. The summed E-state index contributed by atoms with van der Waals surface area (Å²) in [6.45, 7) is 6.94. The fourth-order valence-corrected chi connectivity index (χ4v) is 6.76. The van der Waals surface area contributed by atoms with Crippen LogP contribution in [0.2, 0.25) is 0 Å². The number of hydrogen-bond donors (Lipinski definition) is 0. The van der Waals surface area contributed by atoms with Crippen LogP contribution in [-0.2, 0) is 10.2 Å². The molecule has 0 N–H and O–H groups in total. The average molecular weight is 521 g/mol. The van der Waals surface area contributed by atoms with Crippen LogP contribution in [0.5, 0.6) is 0 Å². The van der Waals surface area contributed by atoms with Gasteiger partial charge in [-0.1, -0.05) is 184 Å². The molecule has 2 aromatic rings. The third-order valence-corrected chi connectivity index (χ3v) is 8.98. The minimum absolute atomic E-state index is 0.134. The first kappa shape index (κ1) is 32.6. The van der Waals surface area contributed by atoms with Gasteiger partial charge in [-0.05, 0) is 30.4 Å². The highest BCUT2D eigenvalue weighted by Gasteiger charge is 2.52. The number of rotatable bonds is 23. The molecule has 0 bridgehead atoms. The van der Waals surface area contributed by atoms with E-state index in [9.17, 15) is 0 Å². The van der Waals surface area contributed by atoms with Crippen LogP contribution in [0.25, 0.3) is 0 Å². The van der Waals surface area contributed by atoms with E-state index in [-0.39, 0.29) is 11.0 Å². The maximum Gasteiger partial charge on any atom is 0.0815 e. The van der Waals surface area contributed by atoms with Crippen molar-refractivity contribution in [2.24, 2.45) is 0 Å². The summed E-state index contributed by atoms with van der Waals surface area (Å²) in [6, 6.07) is 22.9. The third-order valence-electron chi connectivity index (χ3n) is 8.98. The Morgan fingerprint density at radius 3 is 1.24 bits per heavy atom. The van der Waals surface area contributed by atoms with E-state index in [4.69, 9.17) is 4.74 Å². The van der Waals surface area contributed by atoms with Crippen molar-refractivity contribution in [3.63, 3.8) is 0 Å². The molecule has 0 aliphatic rings. The highest BCUT2D eigenvalue weighted by molar-refractivity contribution is 5.44. The van der Waals surface area contributed by atoms with Crippen molar-refractivity contribution in [3.05, 3.63) is 71.8 Å². The lowest BCUT2D eigenvalue weighted by atomic mass is 9.57. The zero-order valence-corrected chi connectivity index (χ0v) is 25.6. The first-order chi connectivity index (χ1) is 18.7. The van der Waals surface area contributed by atoms with Crippen molar-refractivity contribution < 1.29 is 4.74 Å². The van der Waals surface area contributed by atoms with E-state index in [1.807, 2.05) is 7.11 Å². The molecule has 1 atom stereocenters. The summed E-state index contributed by atoms with van der Waals surface area (Å²) in [6.07, 6.45) is 24.6. The summed E-state index contributed by atoms with van der Waals surface area (Å²) in [5.74, 6) is 0. The molecule has 0 spiro atoms. The van der Waals surface area contributed by atoms with Crippen LogP contribution in [0.15, 0.2) is 60.7 Å². The van der Waals surface area contributed by atoms with Crippen LogP contribution in [0, 0.1) is 0 Å². The topological polar surface area (TPSA) is 9.23 Å². The quantitative estimate of drug-likeness (QED) is 0.132. The summed E-state index contributed by atoms with van der Waals surface area (Å²) in [4.78, 5) is 0. The van der Waals surface area contributed by atoms with Crippen LogP contribution in [0.3, 0.4) is 0 Å². The van der Waals surface area contributed by atoms with Gasteiger partial charge in [0.2, 0.25) is 0 Å². The second-order valence-corrected chi connectivity index (χ2v) is 11.7. The molecule has 1 heteroatoms. The van der Waals surface area contributed by atoms with Crippen molar-refractivity contribution in [2.45, 2.75) is 154 Å². The van der Waals surface area contributed by atoms with Gasteiger partial charge in [-0.3, -0.25) is 0 Å². The summed E-state index contributed by atoms with van der Waals surface area (Å²) in [5.41, 5.74) is 2.55. The fourth-order valence-electron chi connectivity index (χ4n) is 6.76. The summed E-state index contributed by atoms with van der Waals surface area (Å²) in [5, 5.41) is 0. The zero-order chi connectivity index (χ0) is 27.4. The minimum Gasteiger partial charge on any atom is -0.377 e. The Morgan fingerprint density at radius 1 is 0.447 bits per heavy atom. The second-order valence-electron chi connectivity index (χ2n) is 11.7. The van der Waals surface area contributed by atoms with Gasteiger partial charge in [0.15, 0.2) is 0 Å². The van der Waals surface area contributed by atoms with Crippen molar-refractivity contribution in [2.75, 3.05) is 7.11 Å². The maximum atomic E-state index is 6.86. The molecule has 1 nitrogen and oxygen atoms in total. The number of ether oxygens (including phenoxy) is 1. The predicted molar refractivity (Wildman–Crippen MR) is 168 cm³/mol. The molecule has 0 amide bonds. The highest BCUT2D eigenvalue weighted by Crippen LogP contribution is 2.52. The molecule has 38 heavy (non-hydrogen) atoms. The third kappa shape index (κ3) is 9.55. The Kier molecular flexibility index (Phi) is 16.7. The zero-order valence-electron chi connectivity index (χ0n) is 25.6. The van der Waals surface area contributed by atoms with Crippen LogP contribution in [0.4, 0.5) is 0 Å². The maximum absolute atomic E-state index is 6.86.